The molecular weight excluding hydrogens is 352 g/mol. The van der Waals surface area contributed by atoms with Gasteiger partial charge < -0.3 is 10.1 Å². The summed E-state index contributed by atoms with van der Waals surface area (Å²) in [5.41, 5.74) is 4.01. The van der Waals surface area contributed by atoms with Crippen molar-refractivity contribution in [1.29, 1.82) is 0 Å². The number of pyridine rings is 1. The third kappa shape index (κ3) is 3.44. The first-order valence-electron chi connectivity index (χ1n) is 8.97. The van der Waals surface area contributed by atoms with Crippen LogP contribution < -0.4 is 10.1 Å². The molecule has 0 bridgehead atoms. The van der Waals surface area contributed by atoms with Gasteiger partial charge in [-0.15, -0.1) is 0 Å². The fourth-order valence-electron chi connectivity index (χ4n) is 3.19. The predicted octanol–water partition coefficient (Wildman–Crippen LogP) is 3.67. The van der Waals surface area contributed by atoms with E-state index in [1.807, 2.05) is 66.1 Å². The Balaban J connectivity index is 1.58. The Morgan fingerprint density at radius 1 is 1.11 bits per heavy atom. The molecule has 0 saturated carbocycles. The van der Waals surface area contributed by atoms with Crippen LogP contribution in [0.5, 0.6) is 5.75 Å². The summed E-state index contributed by atoms with van der Waals surface area (Å²) in [6, 6.07) is 18.9. The molecule has 4 rings (SSSR count). The first-order valence-corrected chi connectivity index (χ1v) is 8.97. The highest BCUT2D eigenvalue weighted by Crippen LogP contribution is 2.20. The lowest BCUT2D eigenvalue weighted by Gasteiger charge is -2.10. The molecular formula is C22H20N4O2. The van der Waals surface area contributed by atoms with E-state index in [1.165, 1.54) is 0 Å². The molecule has 1 amide bonds. The Labute approximate surface area is 162 Å². The predicted molar refractivity (Wildman–Crippen MR) is 108 cm³/mol. The largest absolute Gasteiger partial charge is 0.497 e. The number of nitrogens with one attached hydrogen (secondary N) is 1. The zero-order chi connectivity index (χ0) is 19.5. The van der Waals surface area contributed by atoms with E-state index < -0.39 is 0 Å². The summed E-state index contributed by atoms with van der Waals surface area (Å²) in [6.45, 7) is 2.35. The third-order valence-electron chi connectivity index (χ3n) is 4.54. The number of carbonyl (C=O) groups is 1. The fourth-order valence-corrected chi connectivity index (χ4v) is 3.19. The molecule has 0 spiro atoms. The van der Waals surface area contributed by atoms with Crippen molar-refractivity contribution < 1.29 is 9.53 Å². The van der Waals surface area contributed by atoms with Crippen molar-refractivity contribution in [3.8, 4) is 11.4 Å². The first kappa shape index (κ1) is 17.7. The lowest BCUT2D eigenvalue weighted by Crippen LogP contribution is -2.23. The number of imidazole rings is 1. The smallest absolute Gasteiger partial charge is 0.251 e. The van der Waals surface area contributed by atoms with Crippen LogP contribution in [0.1, 0.15) is 21.7 Å². The number of amides is 1. The van der Waals surface area contributed by atoms with E-state index >= 15 is 0 Å². The van der Waals surface area contributed by atoms with Crippen molar-refractivity contribution >= 4 is 17.1 Å². The molecule has 6 nitrogen and oxygen atoms in total. The molecule has 0 aliphatic rings. The van der Waals surface area contributed by atoms with Crippen LogP contribution >= 0.6 is 0 Å². The second-order valence-corrected chi connectivity index (χ2v) is 6.43. The molecule has 0 saturated heterocycles. The number of aryl methyl sites for hydroxylation is 1. The second-order valence-electron chi connectivity index (χ2n) is 6.43. The molecule has 0 unspecified atom stereocenters. The van der Waals surface area contributed by atoms with Gasteiger partial charge in [-0.2, -0.15) is 0 Å². The third-order valence-corrected chi connectivity index (χ3v) is 4.54. The van der Waals surface area contributed by atoms with Gasteiger partial charge >= 0.3 is 0 Å². The molecule has 1 N–H and O–H groups in total. The topological polar surface area (TPSA) is 69.0 Å². The van der Waals surface area contributed by atoms with Crippen LogP contribution in [0.15, 0.2) is 66.9 Å². The van der Waals surface area contributed by atoms with Gasteiger partial charge in [0.05, 0.1) is 7.11 Å². The van der Waals surface area contributed by atoms with E-state index in [9.17, 15) is 4.79 Å². The quantitative estimate of drug-likeness (QED) is 0.580. The van der Waals surface area contributed by atoms with Gasteiger partial charge in [0.1, 0.15) is 17.1 Å². The van der Waals surface area contributed by atoms with Gasteiger partial charge in [-0.05, 0) is 55.0 Å². The summed E-state index contributed by atoms with van der Waals surface area (Å²) in [5, 5.41) is 2.96. The summed E-state index contributed by atoms with van der Waals surface area (Å²) in [7, 11) is 1.62. The summed E-state index contributed by atoms with van der Waals surface area (Å²) < 4.78 is 7.17. The molecule has 0 aliphatic carbocycles. The first-order chi connectivity index (χ1) is 13.7. The van der Waals surface area contributed by atoms with Crippen LogP contribution in [0.4, 0.5) is 0 Å². The molecule has 2 aromatic heterocycles. The van der Waals surface area contributed by atoms with Crippen LogP contribution in [-0.4, -0.2) is 27.6 Å². The summed E-state index contributed by atoms with van der Waals surface area (Å²) in [4.78, 5) is 21.6. The van der Waals surface area contributed by atoms with E-state index in [4.69, 9.17) is 4.74 Å². The lowest BCUT2D eigenvalue weighted by atomic mass is 10.1. The Morgan fingerprint density at radius 2 is 1.96 bits per heavy atom. The fraction of sp³-hybridized carbons (Fsp3) is 0.136. The van der Waals surface area contributed by atoms with Gasteiger partial charge in [0, 0.05) is 24.0 Å². The molecule has 0 fully saturated rings. The number of methoxy groups -OCH3 is 1. The average Bonchev–Trinajstić information content (AvgIpc) is 3.08. The molecule has 140 valence electrons. The van der Waals surface area contributed by atoms with E-state index in [1.54, 1.807) is 19.4 Å². The molecule has 0 radical (unpaired) electrons. The van der Waals surface area contributed by atoms with Crippen molar-refractivity contribution in [3.63, 3.8) is 0 Å². The lowest BCUT2D eigenvalue weighted by molar-refractivity contribution is 0.0951. The maximum Gasteiger partial charge on any atom is 0.251 e. The highest BCUT2D eigenvalue weighted by Gasteiger charge is 2.12. The van der Waals surface area contributed by atoms with Crippen molar-refractivity contribution in [2.75, 3.05) is 7.11 Å². The van der Waals surface area contributed by atoms with E-state index in [2.05, 4.69) is 15.3 Å². The van der Waals surface area contributed by atoms with E-state index in [-0.39, 0.29) is 5.91 Å². The summed E-state index contributed by atoms with van der Waals surface area (Å²) >= 11 is 0. The monoisotopic (exact) mass is 372 g/mol. The summed E-state index contributed by atoms with van der Waals surface area (Å²) in [6.07, 6.45) is 1.74. The molecule has 6 heteroatoms. The Hall–Kier alpha value is -3.67. The molecule has 28 heavy (non-hydrogen) atoms. The van der Waals surface area contributed by atoms with Crippen LogP contribution in [0.3, 0.4) is 0 Å². The van der Waals surface area contributed by atoms with Gasteiger partial charge in [0.25, 0.3) is 5.91 Å². The minimum absolute atomic E-state index is 0.139. The van der Waals surface area contributed by atoms with Crippen LogP contribution in [0.25, 0.3) is 16.9 Å². The maximum absolute atomic E-state index is 12.7. The minimum Gasteiger partial charge on any atom is -0.497 e. The zero-order valence-corrected chi connectivity index (χ0v) is 15.7. The van der Waals surface area contributed by atoms with Crippen LogP contribution in [0, 0.1) is 6.92 Å². The van der Waals surface area contributed by atoms with Gasteiger partial charge in [0.15, 0.2) is 5.65 Å². The Kier molecular flexibility index (Phi) is 4.76. The molecule has 0 aliphatic heterocycles. The number of fused-ring (bicyclic) bond motifs is 1. The number of ether oxygens (including phenoxy) is 1. The molecule has 2 aromatic carbocycles. The number of rotatable bonds is 5. The molecule has 0 atom stereocenters. The summed E-state index contributed by atoms with van der Waals surface area (Å²) in [5.74, 6) is 1.45. The minimum atomic E-state index is -0.139. The van der Waals surface area contributed by atoms with Gasteiger partial charge in [-0.3, -0.25) is 9.36 Å². The van der Waals surface area contributed by atoms with Crippen molar-refractivity contribution in [2.45, 2.75) is 13.5 Å². The number of carbonyl (C=O) groups excluding carboxylic acids is 1. The van der Waals surface area contributed by atoms with Gasteiger partial charge in [-0.25, -0.2) is 9.97 Å². The van der Waals surface area contributed by atoms with E-state index in [0.29, 0.717) is 12.1 Å². The van der Waals surface area contributed by atoms with Crippen molar-refractivity contribution in [1.82, 2.24) is 19.9 Å². The number of benzene rings is 2. The average molecular weight is 372 g/mol. The normalized spacial score (nSPS) is 10.8. The highest BCUT2D eigenvalue weighted by atomic mass is 16.5. The maximum atomic E-state index is 12.7. The van der Waals surface area contributed by atoms with E-state index in [0.717, 1.165) is 34.0 Å². The standard InChI is InChI=1S/C22H20N4O2/c1-15-25-20-10-5-11-23-21(20)26(15)18-8-4-7-17(13-18)22(27)24-14-16-6-3-9-19(12-16)28-2/h3-13H,14H2,1-2H3,(H,24,27). The van der Waals surface area contributed by atoms with Crippen LogP contribution in [-0.2, 0) is 6.54 Å². The van der Waals surface area contributed by atoms with Crippen molar-refractivity contribution in [3.05, 3.63) is 83.8 Å². The van der Waals surface area contributed by atoms with Gasteiger partial charge in [0.2, 0.25) is 0 Å². The number of hydrogen-bond acceptors (Lipinski definition) is 4. The number of nitrogens with zero attached hydrogens (tertiary/aromatic N) is 3. The van der Waals surface area contributed by atoms with Crippen molar-refractivity contribution in [2.24, 2.45) is 0 Å². The zero-order valence-electron chi connectivity index (χ0n) is 15.7. The van der Waals surface area contributed by atoms with Gasteiger partial charge in [-0.1, -0.05) is 18.2 Å². The Morgan fingerprint density at radius 3 is 2.82 bits per heavy atom. The Bertz CT molecular complexity index is 1150. The molecule has 2 heterocycles. The second kappa shape index (κ2) is 7.52. The SMILES string of the molecule is COc1cccc(CNC(=O)c2cccc(-n3c(C)nc4cccnc43)c2)c1. The number of hydrogen-bond donors (Lipinski definition) is 1. The highest BCUT2D eigenvalue weighted by molar-refractivity contribution is 5.94. The van der Waals surface area contributed by atoms with Crippen LogP contribution in [0.2, 0.25) is 0 Å². The number of aromatic nitrogens is 3. The molecule has 4 aromatic rings.